The van der Waals surface area contributed by atoms with Crippen LogP contribution in [0, 0.1) is 0 Å². The molecular formula is C17H20ClN3OS2. The third kappa shape index (κ3) is 3.43. The fraction of sp³-hybridized carbons (Fsp3) is 0.471. The molecule has 1 fully saturated rings. The molecule has 3 N–H and O–H groups in total. The van der Waals surface area contributed by atoms with Crippen molar-refractivity contribution < 1.29 is 5.11 Å². The molecule has 1 aromatic carbocycles. The van der Waals surface area contributed by atoms with Gasteiger partial charge >= 0.3 is 0 Å². The van der Waals surface area contributed by atoms with Crippen LogP contribution in [0.25, 0.3) is 10.9 Å². The van der Waals surface area contributed by atoms with Gasteiger partial charge in [-0.1, -0.05) is 11.6 Å². The monoisotopic (exact) mass is 381 g/mol. The quantitative estimate of drug-likeness (QED) is 0.749. The highest BCUT2D eigenvalue weighted by molar-refractivity contribution is 8.14. The van der Waals surface area contributed by atoms with Crippen LogP contribution in [0.15, 0.2) is 23.2 Å². The Labute approximate surface area is 154 Å². The Balaban J connectivity index is 1.66. The van der Waals surface area contributed by atoms with Crippen molar-refractivity contribution in [2.75, 3.05) is 29.2 Å². The number of aliphatic hydroxyl groups is 1. The van der Waals surface area contributed by atoms with E-state index in [0.717, 1.165) is 38.1 Å². The van der Waals surface area contributed by atoms with Gasteiger partial charge in [-0.3, -0.25) is 4.99 Å². The average molecular weight is 382 g/mol. The molecule has 24 heavy (non-hydrogen) atoms. The van der Waals surface area contributed by atoms with E-state index in [9.17, 15) is 5.11 Å². The van der Waals surface area contributed by atoms with Crippen LogP contribution < -0.4 is 5.32 Å². The summed E-state index contributed by atoms with van der Waals surface area (Å²) in [5, 5.41) is 15.8. The molecule has 3 heterocycles. The molecule has 4 rings (SSSR count). The topological polar surface area (TPSA) is 60.4 Å². The van der Waals surface area contributed by atoms with Crippen molar-refractivity contribution in [2.45, 2.75) is 24.9 Å². The maximum Gasteiger partial charge on any atom is 0.115 e. The largest absolute Gasteiger partial charge is 0.394 e. The Morgan fingerprint density at radius 3 is 2.88 bits per heavy atom. The van der Waals surface area contributed by atoms with Crippen molar-refractivity contribution in [3.05, 3.63) is 28.9 Å². The molecule has 0 bridgehead atoms. The predicted molar refractivity (Wildman–Crippen MR) is 107 cm³/mol. The first kappa shape index (κ1) is 16.6. The van der Waals surface area contributed by atoms with Crippen LogP contribution in [-0.4, -0.2) is 51.1 Å². The zero-order valence-corrected chi connectivity index (χ0v) is 15.6. The average Bonchev–Trinajstić information content (AvgIpc) is 3.22. The first-order valence-electron chi connectivity index (χ1n) is 8.21. The van der Waals surface area contributed by atoms with Gasteiger partial charge in [-0.05, 0) is 42.5 Å². The Kier molecular flexibility index (Phi) is 4.99. The first-order chi connectivity index (χ1) is 11.7. The van der Waals surface area contributed by atoms with Gasteiger partial charge in [-0.15, -0.1) is 11.8 Å². The van der Waals surface area contributed by atoms with Gasteiger partial charge in [0.2, 0.25) is 0 Å². The lowest BCUT2D eigenvalue weighted by Crippen LogP contribution is -2.24. The van der Waals surface area contributed by atoms with E-state index in [0.29, 0.717) is 6.04 Å². The van der Waals surface area contributed by atoms with Gasteiger partial charge in [-0.2, -0.15) is 11.8 Å². The molecule has 2 aliphatic heterocycles. The second-order valence-electron chi connectivity index (χ2n) is 6.21. The van der Waals surface area contributed by atoms with Crippen LogP contribution in [0.1, 0.15) is 18.5 Å². The molecule has 0 radical (unpaired) electrons. The van der Waals surface area contributed by atoms with Crippen LogP contribution in [0.3, 0.4) is 0 Å². The van der Waals surface area contributed by atoms with Crippen molar-refractivity contribution in [3.8, 4) is 0 Å². The molecule has 1 aromatic heterocycles. The molecule has 128 valence electrons. The summed E-state index contributed by atoms with van der Waals surface area (Å²) in [6.45, 7) is 0.106. The molecule has 0 unspecified atom stereocenters. The number of benzene rings is 1. The maximum atomic E-state index is 9.27. The summed E-state index contributed by atoms with van der Waals surface area (Å²) < 4.78 is 0. The number of hydrogen-bond donors (Lipinski definition) is 3. The highest BCUT2D eigenvalue weighted by atomic mass is 35.5. The first-order valence-corrected chi connectivity index (χ1v) is 10.7. The number of nitrogens with one attached hydrogen (secondary N) is 2. The molecule has 7 heteroatoms. The smallest absolute Gasteiger partial charge is 0.115 e. The normalized spacial score (nSPS) is 22.1. The van der Waals surface area contributed by atoms with E-state index in [2.05, 4.69) is 21.4 Å². The second-order valence-corrected chi connectivity index (χ2v) is 8.88. The number of fused-ring (bicyclic) bond motifs is 1. The van der Waals surface area contributed by atoms with E-state index in [1.165, 1.54) is 24.3 Å². The number of halogens is 1. The summed E-state index contributed by atoms with van der Waals surface area (Å²) in [6, 6.07) is 6.62. The number of aliphatic hydroxyl groups excluding tert-OH is 1. The van der Waals surface area contributed by atoms with Crippen molar-refractivity contribution in [2.24, 2.45) is 4.99 Å². The van der Waals surface area contributed by atoms with Crippen molar-refractivity contribution >= 4 is 56.8 Å². The fourth-order valence-corrected chi connectivity index (χ4v) is 5.51. The highest BCUT2D eigenvalue weighted by Gasteiger charge is 2.21. The van der Waals surface area contributed by atoms with E-state index >= 15 is 0 Å². The fourth-order valence-electron chi connectivity index (χ4n) is 3.15. The van der Waals surface area contributed by atoms with Crippen molar-refractivity contribution in [1.29, 1.82) is 0 Å². The van der Waals surface area contributed by atoms with Gasteiger partial charge in [0.25, 0.3) is 0 Å². The Morgan fingerprint density at radius 2 is 2.12 bits per heavy atom. The van der Waals surface area contributed by atoms with Crippen molar-refractivity contribution in [3.63, 3.8) is 0 Å². The highest BCUT2D eigenvalue weighted by Crippen LogP contribution is 2.33. The molecule has 2 aliphatic rings. The van der Waals surface area contributed by atoms with Gasteiger partial charge in [0.1, 0.15) is 5.04 Å². The van der Waals surface area contributed by atoms with E-state index < -0.39 is 0 Å². The minimum absolute atomic E-state index is 0.0114. The van der Waals surface area contributed by atoms with Crippen LogP contribution in [-0.2, 0) is 0 Å². The van der Waals surface area contributed by atoms with Gasteiger partial charge in [0.15, 0.2) is 0 Å². The molecule has 0 saturated carbocycles. The molecule has 1 atom stereocenters. The number of aromatic amines is 1. The van der Waals surface area contributed by atoms with Gasteiger partial charge in [0, 0.05) is 22.2 Å². The third-order valence-corrected chi connectivity index (χ3v) is 6.84. The minimum atomic E-state index is 0.0114. The number of H-pyrrole nitrogens is 1. The van der Waals surface area contributed by atoms with E-state index in [-0.39, 0.29) is 12.6 Å². The maximum absolute atomic E-state index is 9.27. The molecule has 0 aliphatic carbocycles. The summed E-state index contributed by atoms with van der Waals surface area (Å²) in [5.74, 6) is 3.27. The molecule has 0 spiro atoms. The summed E-state index contributed by atoms with van der Waals surface area (Å²) in [5.41, 5.74) is 3.17. The van der Waals surface area contributed by atoms with E-state index in [1.807, 2.05) is 23.9 Å². The van der Waals surface area contributed by atoms with Crippen LogP contribution in [0.5, 0.6) is 0 Å². The second kappa shape index (κ2) is 7.20. The standard InChI is InChI=1S/C17H20ClN3OS2/c18-11-5-10-6-15(17-20-13(8-22)9-24-17)21-16(10)14(7-11)19-12-1-3-23-4-2-12/h5-7,12-13,19,21-22H,1-4,8-9H2/t13-/m1/s1. The van der Waals surface area contributed by atoms with E-state index in [1.54, 1.807) is 11.8 Å². The number of hydrogen-bond acceptors (Lipinski definition) is 5. The number of aliphatic imine (C=N–C) groups is 1. The molecular weight excluding hydrogens is 362 g/mol. The number of thioether (sulfide) groups is 2. The van der Waals surface area contributed by atoms with Gasteiger partial charge < -0.3 is 15.4 Å². The number of nitrogens with zero attached hydrogens (tertiary/aromatic N) is 1. The third-order valence-electron chi connectivity index (χ3n) is 4.43. The molecule has 1 saturated heterocycles. The predicted octanol–water partition coefficient (Wildman–Crippen LogP) is 3.98. The summed E-state index contributed by atoms with van der Waals surface area (Å²) in [4.78, 5) is 8.09. The van der Waals surface area contributed by atoms with Crippen LogP contribution in [0.2, 0.25) is 5.02 Å². The number of rotatable bonds is 4. The van der Waals surface area contributed by atoms with Gasteiger partial charge in [-0.25, -0.2) is 0 Å². The lowest BCUT2D eigenvalue weighted by Gasteiger charge is -2.24. The van der Waals surface area contributed by atoms with Gasteiger partial charge in [0.05, 0.1) is 29.5 Å². The van der Waals surface area contributed by atoms with Crippen LogP contribution >= 0.6 is 35.1 Å². The molecule has 0 amide bonds. The zero-order valence-electron chi connectivity index (χ0n) is 13.2. The minimum Gasteiger partial charge on any atom is -0.394 e. The lowest BCUT2D eigenvalue weighted by atomic mass is 10.1. The van der Waals surface area contributed by atoms with Crippen molar-refractivity contribution in [1.82, 2.24) is 4.98 Å². The SMILES string of the molecule is OC[C@@H]1CSC(c2cc3cc(Cl)cc(NC4CCSCC4)c3[nH]2)=N1. The zero-order chi connectivity index (χ0) is 16.5. The number of anilines is 1. The Bertz CT molecular complexity index is 771. The van der Waals surface area contributed by atoms with Crippen LogP contribution in [0.4, 0.5) is 5.69 Å². The summed E-state index contributed by atoms with van der Waals surface area (Å²) in [6.07, 6.45) is 2.37. The Hall–Kier alpha value is -0.820. The number of aromatic nitrogens is 1. The Morgan fingerprint density at radius 1 is 1.29 bits per heavy atom. The lowest BCUT2D eigenvalue weighted by molar-refractivity contribution is 0.277. The summed E-state index contributed by atoms with van der Waals surface area (Å²) in [7, 11) is 0. The molecule has 2 aromatic rings. The summed E-state index contributed by atoms with van der Waals surface area (Å²) >= 11 is 10.0. The molecule has 4 nitrogen and oxygen atoms in total. The van der Waals surface area contributed by atoms with E-state index in [4.69, 9.17) is 11.6 Å².